The Balaban J connectivity index is 1.98. The first-order valence-electron chi connectivity index (χ1n) is 6.69. The van der Waals surface area contributed by atoms with Crippen molar-refractivity contribution in [3.8, 4) is 0 Å². The number of para-hydroxylation sites is 2. The van der Waals surface area contributed by atoms with Gasteiger partial charge in [0.05, 0.1) is 18.0 Å². The van der Waals surface area contributed by atoms with E-state index in [9.17, 15) is 9.59 Å². The molecule has 1 aromatic rings. The molecule has 0 fully saturated rings. The molecule has 104 valence electrons. The number of hydrogen-bond acceptors (Lipinski definition) is 3. The number of ether oxygens (including phenoxy) is 1. The average Bonchev–Trinajstić information content (AvgIpc) is 2.51. The molecule has 0 unspecified atom stereocenters. The Hall–Kier alpha value is -2.30. The van der Waals surface area contributed by atoms with Crippen LogP contribution in [0.2, 0.25) is 0 Å². The fourth-order valence-corrected chi connectivity index (χ4v) is 2.46. The molecule has 0 spiro atoms. The van der Waals surface area contributed by atoms with Crippen molar-refractivity contribution in [1.82, 2.24) is 0 Å². The first kappa shape index (κ1) is 12.7. The highest BCUT2D eigenvalue weighted by Gasteiger charge is 2.32. The van der Waals surface area contributed by atoms with Crippen molar-refractivity contribution < 1.29 is 14.3 Å². The highest BCUT2D eigenvalue weighted by atomic mass is 16.5. The van der Waals surface area contributed by atoms with E-state index in [1.54, 1.807) is 18.0 Å². The molecule has 2 amide bonds. The Kier molecular flexibility index (Phi) is 3.18. The van der Waals surface area contributed by atoms with Crippen molar-refractivity contribution in [2.45, 2.75) is 12.8 Å². The summed E-state index contributed by atoms with van der Waals surface area (Å²) < 4.78 is 5.42. The minimum atomic E-state index is -0.237. The van der Waals surface area contributed by atoms with Crippen LogP contribution in [0.1, 0.15) is 12.8 Å². The van der Waals surface area contributed by atoms with Crippen molar-refractivity contribution in [2.75, 3.05) is 30.0 Å². The van der Waals surface area contributed by atoms with Gasteiger partial charge in [-0.05, 0) is 31.1 Å². The van der Waals surface area contributed by atoms with E-state index in [4.69, 9.17) is 4.74 Å². The second-order valence-electron chi connectivity index (χ2n) is 4.89. The molecule has 2 heterocycles. The number of carbonyl (C=O) groups excluding carboxylic acids is 2. The highest BCUT2D eigenvalue weighted by Crippen LogP contribution is 2.33. The lowest BCUT2D eigenvalue weighted by molar-refractivity contribution is -0.122. The van der Waals surface area contributed by atoms with Crippen LogP contribution in [-0.4, -0.2) is 32.0 Å². The van der Waals surface area contributed by atoms with Gasteiger partial charge in [-0.15, -0.1) is 0 Å². The summed E-state index contributed by atoms with van der Waals surface area (Å²) in [5.74, 6) is 0.00969. The summed E-state index contributed by atoms with van der Waals surface area (Å²) in [4.78, 5) is 27.6. The first-order valence-corrected chi connectivity index (χ1v) is 6.69. The van der Waals surface area contributed by atoms with E-state index < -0.39 is 0 Å². The zero-order valence-corrected chi connectivity index (χ0v) is 11.3. The van der Waals surface area contributed by atoms with E-state index >= 15 is 0 Å². The molecular formula is C15H16N2O3. The van der Waals surface area contributed by atoms with E-state index in [1.807, 2.05) is 24.3 Å². The molecule has 0 saturated heterocycles. The molecule has 0 radical (unpaired) electrons. The topological polar surface area (TPSA) is 49.9 Å². The van der Waals surface area contributed by atoms with Crippen molar-refractivity contribution >= 4 is 23.2 Å². The molecule has 0 aliphatic carbocycles. The summed E-state index contributed by atoms with van der Waals surface area (Å²) in [6.45, 7) is 0.605. The molecule has 0 saturated carbocycles. The van der Waals surface area contributed by atoms with Gasteiger partial charge in [-0.1, -0.05) is 12.1 Å². The molecule has 1 aromatic carbocycles. The van der Waals surface area contributed by atoms with Crippen LogP contribution in [0.5, 0.6) is 0 Å². The lowest BCUT2D eigenvalue weighted by atomic mass is 10.1. The second kappa shape index (κ2) is 5.00. The molecule has 0 atom stereocenters. The third-order valence-corrected chi connectivity index (χ3v) is 3.59. The molecule has 5 nitrogen and oxygen atoms in total. The van der Waals surface area contributed by atoms with Gasteiger partial charge in [0.25, 0.3) is 5.91 Å². The number of likely N-dealkylation sites (N-methyl/N-ethyl adjacent to an activating group) is 1. The van der Waals surface area contributed by atoms with E-state index in [0.29, 0.717) is 12.4 Å². The molecule has 2 aliphatic heterocycles. The van der Waals surface area contributed by atoms with Gasteiger partial charge in [-0.25, -0.2) is 0 Å². The largest absolute Gasteiger partial charge is 0.488 e. The first-order chi connectivity index (χ1) is 9.68. The number of carbonyl (C=O) groups is 2. The predicted molar refractivity (Wildman–Crippen MR) is 75.5 cm³/mol. The Morgan fingerprint density at radius 2 is 2.00 bits per heavy atom. The zero-order valence-electron chi connectivity index (χ0n) is 11.3. The third-order valence-electron chi connectivity index (χ3n) is 3.59. The Labute approximate surface area is 117 Å². The summed E-state index contributed by atoms with van der Waals surface area (Å²) in [7, 11) is 1.72. The summed E-state index contributed by atoms with van der Waals surface area (Å²) in [6.07, 6.45) is 3.57. The van der Waals surface area contributed by atoms with E-state index in [1.165, 1.54) is 4.90 Å². The fourth-order valence-electron chi connectivity index (χ4n) is 2.46. The van der Waals surface area contributed by atoms with Crippen molar-refractivity contribution in [2.24, 2.45) is 0 Å². The normalized spacial score (nSPS) is 18.2. The summed E-state index contributed by atoms with van der Waals surface area (Å²) in [6, 6.07) is 7.40. The molecule has 0 bridgehead atoms. The lowest BCUT2D eigenvalue weighted by Crippen LogP contribution is -2.47. The van der Waals surface area contributed by atoms with Crippen molar-refractivity contribution in [3.63, 3.8) is 0 Å². The molecule has 2 aliphatic rings. The maximum atomic E-state index is 12.5. The van der Waals surface area contributed by atoms with Crippen LogP contribution in [0.15, 0.2) is 36.1 Å². The Morgan fingerprint density at radius 1 is 1.25 bits per heavy atom. The van der Waals surface area contributed by atoms with Gasteiger partial charge in [-0.3, -0.25) is 14.5 Å². The standard InChI is InChI=1S/C15H16N2O3/c1-16-11-6-2-3-7-12(11)17(10-14(16)18)15(19)13-8-4-5-9-20-13/h2-3,6-8H,4-5,9-10H2,1H3. The van der Waals surface area contributed by atoms with E-state index in [2.05, 4.69) is 0 Å². The summed E-state index contributed by atoms with van der Waals surface area (Å²) in [5, 5.41) is 0. The van der Waals surface area contributed by atoms with E-state index in [0.717, 1.165) is 24.2 Å². The Morgan fingerprint density at radius 3 is 2.70 bits per heavy atom. The van der Waals surface area contributed by atoms with Gasteiger partial charge in [0.1, 0.15) is 6.54 Å². The highest BCUT2D eigenvalue weighted by molar-refractivity contribution is 6.14. The zero-order chi connectivity index (χ0) is 14.1. The smallest absolute Gasteiger partial charge is 0.293 e. The van der Waals surface area contributed by atoms with Gasteiger partial charge in [0.15, 0.2) is 5.76 Å². The van der Waals surface area contributed by atoms with Crippen molar-refractivity contribution in [1.29, 1.82) is 0 Å². The lowest BCUT2D eigenvalue weighted by Gasteiger charge is -2.34. The van der Waals surface area contributed by atoms with Crippen LogP contribution in [0.3, 0.4) is 0 Å². The van der Waals surface area contributed by atoms with Crippen LogP contribution >= 0.6 is 0 Å². The van der Waals surface area contributed by atoms with Gasteiger partial charge < -0.3 is 9.64 Å². The fraction of sp³-hybridized carbons (Fsp3) is 0.333. The van der Waals surface area contributed by atoms with Crippen LogP contribution < -0.4 is 9.80 Å². The number of rotatable bonds is 1. The number of allylic oxidation sites excluding steroid dienone is 1. The summed E-state index contributed by atoms with van der Waals surface area (Å²) >= 11 is 0. The summed E-state index contributed by atoms with van der Waals surface area (Å²) in [5.41, 5.74) is 1.49. The maximum Gasteiger partial charge on any atom is 0.293 e. The quantitative estimate of drug-likeness (QED) is 0.781. The number of benzene rings is 1. The molecule has 3 rings (SSSR count). The van der Waals surface area contributed by atoms with Crippen molar-refractivity contribution in [3.05, 3.63) is 36.1 Å². The van der Waals surface area contributed by atoms with Crippen LogP contribution in [-0.2, 0) is 14.3 Å². The average molecular weight is 272 g/mol. The van der Waals surface area contributed by atoms with Crippen LogP contribution in [0, 0.1) is 0 Å². The molecule has 20 heavy (non-hydrogen) atoms. The van der Waals surface area contributed by atoms with Gasteiger partial charge in [0.2, 0.25) is 5.91 Å². The number of anilines is 2. The monoisotopic (exact) mass is 272 g/mol. The SMILES string of the molecule is CN1C(=O)CN(C(=O)C2=CCCCO2)c2ccccc21. The third kappa shape index (κ3) is 2.05. The molecular weight excluding hydrogens is 256 g/mol. The van der Waals surface area contributed by atoms with Gasteiger partial charge in [-0.2, -0.15) is 0 Å². The maximum absolute atomic E-state index is 12.5. The molecule has 5 heteroatoms. The second-order valence-corrected chi connectivity index (χ2v) is 4.89. The minimum Gasteiger partial charge on any atom is -0.488 e. The minimum absolute atomic E-state index is 0.0487. The van der Waals surface area contributed by atoms with Crippen LogP contribution in [0.25, 0.3) is 0 Å². The van der Waals surface area contributed by atoms with Gasteiger partial charge >= 0.3 is 0 Å². The van der Waals surface area contributed by atoms with Gasteiger partial charge in [0, 0.05) is 7.05 Å². The number of nitrogens with zero attached hydrogens (tertiary/aromatic N) is 2. The van der Waals surface area contributed by atoms with Crippen LogP contribution in [0.4, 0.5) is 11.4 Å². The predicted octanol–water partition coefficient (Wildman–Crippen LogP) is 1.69. The molecule has 0 aromatic heterocycles. The van der Waals surface area contributed by atoms with E-state index in [-0.39, 0.29) is 18.4 Å². The number of hydrogen-bond donors (Lipinski definition) is 0. The number of fused-ring (bicyclic) bond motifs is 1. The number of amides is 2. The Bertz CT molecular complexity index is 595. The molecule has 0 N–H and O–H groups in total.